The second kappa shape index (κ2) is 4.18. The molecule has 74 valence electrons. The summed E-state index contributed by atoms with van der Waals surface area (Å²) in [4.78, 5) is 0. The van der Waals surface area contributed by atoms with Crippen molar-refractivity contribution in [3.63, 3.8) is 0 Å². The van der Waals surface area contributed by atoms with E-state index in [1.807, 2.05) is 0 Å². The van der Waals surface area contributed by atoms with E-state index in [1.54, 1.807) is 0 Å². The first-order valence-corrected chi connectivity index (χ1v) is 5.57. The zero-order valence-corrected chi connectivity index (χ0v) is 9.17. The monoisotopic (exact) mass is 206 g/mol. The number of allylic oxidation sites excluding steroid dienone is 2. The molecule has 14 heavy (non-hydrogen) atoms. The van der Waals surface area contributed by atoms with Gasteiger partial charge in [0.1, 0.15) is 0 Å². The molecule has 0 N–H and O–H groups in total. The molecule has 1 aromatic carbocycles. The van der Waals surface area contributed by atoms with Crippen LogP contribution in [-0.4, -0.2) is 5.38 Å². The Hall–Kier alpha value is -0.750. The van der Waals surface area contributed by atoms with Gasteiger partial charge in [-0.25, -0.2) is 0 Å². The van der Waals surface area contributed by atoms with Gasteiger partial charge in [-0.3, -0.25) is 0 Å². The molecule has 1 heteroatoms. The lowest BCUT2D eigenvalue weighted by atomic mass is 9.85. The second-order valence-corrected chi connectivity index (χ2v) is 4.52. The summed E-state index contributed by atoms with van der Waals surface area (Å²) in [5, 5.41) is 0.172. The maximum absolute atomic E-state index is 6.34. The molecule has 0 aromatic heterocycles. The number of alkyl halides is 1. The Morgan fingerprint density at radius 3 is 2.57 bits per heavy atom. The standard InChI is InChI=1S/C13H15Cl/c1-10-7-8-12(13(14)9-10)11-5-3-2-4-6-11/h2-6,9,12-13H,7-8H2,1H3. The average Bonchev–Trinajstić information content (AvgIpc) is 2.19. The maximum Gasteiger partial charge on any atom is 0.0587 e. The molecular weight excluding hydrogens is 192 g/mol. The third kappa shape index (κ3) is 2.01. The number of benzene rings is 1. The lowest BCUT2D eigenvalue weighted by Crippen LogP contribution is -2.15. The van der Waals surface area contributed by atoms with Crippen LogP contribution in [0.1, 0.15) is 31.2 Å². The molecule has 0 aliphatic heterocycles. The fourth-order valence-electron chi connectivity index (χ4n) is 2.06. The van der Waals surface area contributed by atoms with E-state index in [0.29, 0.717) is 5.92 Å². The molecule has 0 nitrogen and oxygen atoms in total. The second-order valence-electron chi connectivity index (χ2n) is 4.01. The van der Waals surface area contributed by atoms with E-state index < -0.39 is 0 Å². The molecule has 0 heterocycles. The normalized spacial score (nSPS) is 27.1. The van der Waals surface area contributed by atoms with Crippen molar-refractivity contribution in [1.82, 2.24) is 0 Å². The first-order chi connectivity index (χ1) is 6.77. The first-order valence-electron chi connectivity index (χ1n) is 5.13. The molecule has 0 saturated heterocycles. The zero-order valence-electron chi connectivity index (χ0n) is 8.41. The summed E-state index contributed by atoms with van der Waals surface area (Å²) in [5.41, 5.74) is 2.80. The third-order valence-corrected chi connectivity index (χ3v) is 3.34. The largest absolute Gasteiger partial charge is 0.118 e. The highest BCUT2D eigenvalue weighted by molar-refractivity contribution is 6.22. The summed E-state index contributed by atoms with van der Waals surface area (Å²) >= 11 is 6.34. The molecular formula is C13H15Cl. The van der Waals surface area contributed by atoms with Crippen LogP contribution in [0.2, 0.25) is 0 Å². The smallest absolute Gasteiger partial charge is 0.0587 e. The quantitative estimate of drug-likeness (QED) is 0.479. The minimum atomic E-state index is 0.172. The van der Waals surface area contributed by atoms with Crippen molar-refractivity contribution >= 4 is 11.6 Å². The highest BCUT2D eigenvalue weighted by Crippen LogP contribution is 2.35. The lowest BCUT2D eigenvalue weighted by Gasteiger charge is -2.25. The van der Waals surface area contributed by atoms with Gasteiger partial charge in [-0.2, -0.15) is 0 Å². The van der Waals surface area contributed by atoms with Gasteiger partial charge in [0, 0.05) is 5.92 Å². The third-order valence-electron chi connectivity index (χ3n) is 2.91. The predicted molar refractivity (Wildman–Crippen MR) is 61.8 cm³/mol. The van der Waals surface area contributed by atoms with Crippen molar-refractivity contribution in [1.29, 1.82) is 0 Å². The first kappa shape index (κ1) is 9.79. The fraction of sp³-hybridized carbons (Fsp3) is 0.385. The van der Waals surface area contributed by atoms with Gasteiger partial charge in [-0.1, -0.05) is 42.0 Å². The van der Waals surface area contributed by atoms with Crippen LogP contribution < -0.4 is 0 Å². The zero-order chi connectivity index (χ0) is 9.97. The number of hydrogen-bond acceptors (Lipinski definition) is 0. The summed E-state index contributed by atoms with van der Waals surface area (Å²) in [6.45, 7) is 2.16. The molecule has 2 atom stereocenters. The van der Waals surface area contributed by atoms with Crippen molar-refractivity contribution in [3.05, 3.63) is 47.5 Å². The highest BCUT2D eigenvalue weighted by Gasteiger charge is 2.22. The van der Waals surface area contributed by atoms with Crippen LogP contribution in [0.3, 0.4) is 0 Å². The Morgan fingerprint density at radius 2 is 1.93 bits per heavy atom. The molecule has 0 spiro atoms. The fourth-order valence-corrected chi connectivity index (χ4v) is 2.55. The summed E-state index contributed by atoms with van der Waals surface area (Å²) < 4.78 is 0. The van der Waals surface area contributed by atoms with Crippen molar-refractivity contribution in [2.75, 3.05) is 0 Å². The summed E-state index contributed by atoms with van der Waals surface area (Å²) in [5.74, 6) is 0.501. The summed E-state index contributed by atoms with van der Waals surface area (Å²) in [6.07, 6.45) is 4.56. The Labute approximate surface area is 90.6 Å². The van der Waals surface area contributed by atoms with Crippen LogP contribution >= 0.6 is 11.6 Å². The summed E-state index contributed by atoms with van der Waals surface area (Å²) in [7, 11) is 0. The average molecular weight is 207 g/mol. The highest BCUT2D eigenvalue weighted by atomic mass is 35.5. The molecule has 2 unspecified atom stereocenters. The minimum absolute atomic E-state index is 0.172. The van der Waals surface area contributed by atoms with Crippen LogP contribution in [0.25, 0.3) is 0 Å². The van der Waals surface area contributed by atoms with Gasteiger partial charge in [0.2, 0.25) is 0 Å². The Balaban J connectivity index is 2.21. The molecule has 2 rings (SSSR count). The van der Waals surface area contributed by atoms with E-state index >= 15 is 0 Å². The van der Waals surface area contributed by atoms with Crippen LogP contribution in [0.5, 0.6) is 0 Å². The van der Waals surface area contributed by atoms with Gasteiger partial charge in [-0.15, -0.1) is 11.6 Å². The van der Waals surface area contributed by atoms with E-state index in [-0.39, 0.29) is 5.38 Å². The summed E-state index contributed by atoms with van der Waals surface area (Å²) in [6, 6.07) is 10.6. The van der Waals surface area contributed by atoms with Crippen molar-refractivity contribution < 1.29 is 0 Å². The van der Waals surface area contributed by atoms with E-state index in [1.165, 1.54) is 24.0 Å². The van der Waals surface area contributed by atoms with Crippen LogP contribution in [0, 0.1) is 0 Å². The van der Waals surface area contributed by atoms with Gasteiger partial charge in [0.05, 0.1) is 5.38 Å². The lowest BCUT2D eigenvalue weighted by molar-refractivity contribution is 0.605. The predicted octanol–water partition coefficient (Wildman–Crippen LogP) is 4.12. The Bertz CT molecular complexity index is 326. The molecule has 1 aromatic rings. The van der Waals surface area contributed by atoms with Gasteiger partial charge in [0.25, 0.3) is 0 Å². The van der Waals surface area contributed by atoms with Crippen molar-refractivity contribution in [3.8, 4) is 0 Å². The van der Waals surface area contributed by atoms with Crippen molar-refractivity contribution in [2.24, 2.45) is 0 Å². The van der Waals surface area contributed by atoms with E-state index in [9.17, 15) is 0 Å². The molecule has 1 aliphatic rings. The van der Waals surface area contributed by atoms with Crippen LogP contribution in [0.4, 0.5) is 0 Å². The molecule has 0 fully saturated rings. The van der Waals surface area contributed by atoms with Gasteiger partial charge in [-0.05, 0) is 25.3 Å². The van der Waals surface area contributed by atoms with Crippen LogP contribution in [0.15, 0.2) is 42.0 Å². The Morgan fingerprint density at radius 1 is 1.21 bits per heavy atom. The van der Waals surface area contributed by atoms with E-state index in [4.69, 9.17) is 11.6 Å². The van der Waals surface area contributed by atoms with E-state index in [2.05, 4.69) is 43.3 Å². The molecule has 1 aliphatic carbocycles. The maximum atomic E-state index is 6.34. The number of halogens is 1. The Kier molecular flexibility index (Phi) is 2.93. The molecule has 0 radical (unpaired) electrons. The van der Waals surface area contributed by atoms with Crippen LogP contribution in [-0.2, 0) is 0 Å². The van der Waals surface area contributed by atoms with Crippen molar-refractivity contribution in [2.45, 2.75) is 31.1 Å². The molecule has 0 bridgehead atoms. The van der Waals surface area contributed by atoms with Gasteiger partial charge < -0.3 is 0 Å². The SMILES string of the molecule is CC1=CC(Cl)C(c2ccccc2)CC1. The number of hydrogen-bond donors (Lipinski definition) is 0. The molecule has 0 amide bonds. The van der Waals surface area contributed by atoms with Gasteiger partial charge >= 0.3 is 0 Å². The minimum Gasteiger partial charge on any atom is -0.118 e. The number of rotatable bonds is 1. The topological polar surface area (TPSA) is 0 Å². The van der Waals surface area contributed by atoms with E-state index in [0.717, 1.165) is 0 Å². The van der Waals surface area contributed by atoms with Gasteiger partial charge in [0.15, 0.2) is 0 Å². The molecule has 0 saturated carbocycles.